The van der Waals surface area contributed by atoms with Gasteiger partial charge in [0.15, 0.2) is 5.82 Å². The molecule has 0 bridgehead atoms. The quantitative estimate of drug-likeness (QED) is 0.698. The van der Waals surface area contributed by atoms with Gasteiger partial charge in [-0.3, -0.25) is 4.98 Å². The van der Waals surface area contributed by atoms with Crippen molar-refractivity contribution in [3.8, 4) is 0 Å². The van der Waals surface area contributed by atoms with Gasteiger partial charge in [-0.25, -0.2) is 4.98 Å². The largest absolute Gasteiger partial charge is 0.369 e. The predicted molar refractivity (Wildman–Crippen MR) is 60.1 cm³/mol. The van der Waals surface area contributed by atoms with Crippen molar-refractivity contribution < 1.29 is 4.52 Å². The fourth-order valence-corrected chi connectivity index (χ4v) is 1.71. The number of aromatic nitrogens is 5. The molecule has 0 amide bonds. The molecule has 86 valence electrons. The molecule has 0 atom stereocenters. The van der Waals surface area contributed by atoms with E-state index in [2.05, 4.69) is 20.1 Å². The zero-order chi connectivity index (χ0) is 11.8. The highest BCUT2D eigenvalue weighted by Gasteiger charge is 2.11. The lowest BCUT2D eigenvalue weighted by molar-refractivity contribution is 0.386. The molecule has 0 aliphatic carbocycles. The van der Waals surface area contributed by atoms with Crippen LogP contribution in [-0.4, -0.2) is 24.7 Å². The van der Waals surface area contributed by atoms with Crippen LogP contribution in [0.15, 0.2) is 23.0 Å². The summed E-state index contributed by atoms with van der Waals surface area (Å²) in [6.45, 7) is 2.18. The molecule has 0 aliphatic heterocycles. The summed E-state index contributed by atoms with van der Waals surface area (Å²) in [4.78, 5) is 12.3. The van der Waals surface area contributed by atoms with Gasteiger partial charge in [0.2, 0.25) is 11.8 Å². The van der Waals surface area contributed by atoms with E-state index in [1.807, 2.05) is 10.6 Å². The lowest BCUT2D eigenvalue weighted by atomic mass is 10.4. The molecule has 0 aliphatic rings. The number of fused-ring (bicyclic) bond motifs is 1. The number of aryl methyl sites for hydroxylation is 1. The number of nitrogens with two attached hydrogens (primary N) is 1. The maximum Gasteiger partial charge on any atom is 0.223 e. The lowest BCUT2D eigenvalue weighted by Gasteiger charge is -2.01. The SMILES string of the molecule is Cc1nc(Cn2c(N)nc3cnccc32)no1. The summed E-state index contributed by atoms with van der Waals surface area (Å²) in [6.07, 6.45) is 3.37. The monoisotopic (exact) mass is 230 g/mol. The van der Waals surface area contributed by atoms with Crippen molar-refractivity contribution in [2.75, 3.05) is 5.73 Å². The standard InChI is InChI=1S/C10H10N6O/c1-6-13-9(15-17-6)5-16-8-2-3-12-4-7(8)14-10(16)11/h2-4H,5H2,1H3,(H2,11,14). The molecular weight excluding hydrogens is 220 g/mol. The van der Waals surface area contributed by atoms with Crippen molar-refractivity contribution in [2.24, 2.45) is 0 Å². The third-order valence-corrected chi connectivity index (χ3v) is 2.45. The molecule has 2 N–H and O–H groups in total. The molecule has 7 heteroatoms. The summed E-state index contributed by atoms with van der Waals surface area (Å²) in [5.74, 6) is 1.52. The maximum absolute atomic E-state index is 5.85. The van der Waals surface area contributed by atoms with Gasteiger partial charge in [0.05, 0.1) is 18.3 Å². The van der Waals surface area contributed by atoms with E-state index in [1.165, 1.54) is 0 Å². The highest BCUT2D eigenvalue weighted by atomic mass is 16.5. The average molecular weight is 230 g/mol. The first-order valence-corrected chi connectivity index (χ1v) is 5.09. The minimum Gasteiger partial charge on any atom is -0.369 e. The Kier molecular flexibility index (Phi) is 2.04. The average Bonchev–Trinajstić information content (AvgIpc) is 2.85. The summed E-state index contributed by atoms with van der Waals surface area (Å²) < 4.78 is 6.74. The van der Waals surface area contributed by atoms with Gasteiger partial charge in [0, 0.05) is 13.1 Å². The Hall–Kier alpha value is -2.44. The van der Waals surface area contributed by atoms with Crippen LogP contribution in [0.25, 0.3) is 11.0 Å². The van der Waals surface area contributed by atoms with Crippen LogP contribution in [0, 0.1) is 6.92 Å². The Morgan fingerprint density at radius 2 is 2.29 bits per heavy atom. The third-order valence-electron chi connectivity index (χ3n) is 2.45. The fourth-order valence-electron chi connectivity index (χ4n) is 1.71. The van der Waals surface area contributed by atoms with Gasteiger partial charge < -0.3 is 14.8 Å². The number of imidazole rings is 1. The molecule has 7 nitrogen and oxygen atoms in total. The number of rotatable bonds is 2. The van der Waals surface area contributed by atoms with Gasteiger partial charge in [-0.2, -0.15) is 4.98 Å². The van der Waals surface area contributed by atoms with Gasteiger partial charge in [0.25, 0.3) is 0 Å². The summed E-state index contributed by atoms with van der Waals surface area (Å²) in [6, 6.07) is 1.85. The fraction of sp³-hybridized carbons (Fsp3) is 0.200. The van der Waals surface area contributed by atoms with E-state index in [4.69, 9.17) is 10.3 Å². The molecule has 3 aromatic heterocycles. The van der Waals surface area contributed by atoms with Crippen molar-refractivity contribution in [3.05, 3.63) is 30.2 Å². The molecule has 3 rings (SSSR count). The first kappa shape index (κ1) is 9.76. The van der Waals surface area contributed by atoms with E-state index in [-0.39, 0.29) is 0 Å². The van der Waals surface area contributed by atoms with Crippen LogP contribution in [0.1, 0.15) is 11.7 Å². The molecular formula is C10H10N6O. The van der Waals surface area contributed by atoms with E-state index in [0.717, 1.165) is 11.0 Å². The van der Waals surface area contributed by atoms with Gasteiger partial charge in [0.1, 0.15) is 5.52 Å². The first-order chi connectivity index (χ1) is 8.24. The number of hydrogen-bond donors (Lipinski definition) is 1. The van der Waals surface area contributed by atoms with Crippen LogP contribution >= 0.6 is 0 Å². The normalized spacial score (nSPS) is 11.1. The third kappa shape index (κ3) is 1.61. The van der Waals surface area contributed by atoms with E-state index in [0.29, 0.717) is 24.2 Å². The number of anilines is 1. The highest BCUT2D eigenvalue weighted by molar-refractivity contribution is 5.77. The number of nitrogens with zero attached hydrogens (tertiary/aromatic N) is 5. The van der Waals surface area contributed by atoms with Crippen LogP contribution < -0.4 is 5.73 Å². The molecule has 0 aromatic carbocycles. The Bertz CT molecular complexity index is 670. The Morgan fingerprint density at radius 1 is 1.41 bits per heavy atom. The van der Waals surface area contributed by atoms with Gasteiger partial charge in [-0.15, -0.1) is 0 Å². The predicted octanol–water partition coefficient (Wildman–Crippen LogP) is 0.753. The zero-order valence-electron chi connectivity index (χ0n) is 9.16. The molecule has 3 aromatic rings. The minimum atomic E-state index is 0.412. The van der Waals surface area contributed by atoms with Crippen LogP contribution in [0.3, 0.4) is 0 Å². The van der Waals surface area contributed by atoms with Gasteiger partial charge in [-0.05, 0) is 6.07 Å². The van der Waals surface area contributed by atoms with Crippen LogP contribution in [0.2, 0.25) is 0 Å². The molecule has 0 saturated heterocycles. The number of pyridine rings is 1. The van der Waals surface area contributed by atoms with Crippen molar-refractivity contribution >= 4 is 17.0 Å². The second-order valence-electron chi connectivity index (χ2n) is 3.65. The zero-order valence-corrected chi connectivity index (χ0v) is 9.16. The number of hydrogen-bond acceptors (Lipinski definition) is 6. The Balaban J connectivity index is 2.08. The molecule has 0 fully saturated rings. The van der Waals surface area contributed by atoms with Crippen LogP contribution in [0.5, 0.6) is 0 Å². The lowest BCUT2D eigenvalue weighted by Crippen LogP contribution is -2.05. The van der Waals surface area contributed by atoms with Gasteiger partial charge in [-0.1, -0.05) is 5.16 Å². The van der Waals surface area contributed by atoms with Crippen molar-refractivity contribution in [3.63, 3.8) is 0 Å². The molecule has 0 spiro atoms. The number of nitrogen functional groups attached to an aromatic ring is 1. The second kappa shape index (κ2) is 3.55. The highest BCUT2D eigenvalue weighted by Crippen LogP contribution is 2.17. The molecule has 0 saturated carbocycles. The van der Waals surface area contributed by atoms with E-state index in [1.54, 1.807) is 19.3 Å². The summed E-state index contributed by atoms with van der Waals surface area (Å²) >= 11 is 0. The first-order valence-electron chi connectivity index (χ1n) is 5.09. The van der Waals surface area contributed by atoms with Crippen LogP contribution in [0.4, 0.5) is 5.95 Å². The summed E-state index contributed by atoms with van der Waals surface area (Å²) in [7, 11) is 0. The second-order valence-corrected chi connectivity index (χ2v) is 3.65. The Morgan fingerprint density at radius 3 is 3.06 bits per heavy atom. The molecule has 17 heavy (non-hydrogen) atoms. The minimum absolute atomic E-state index is 0.412. The smallest absolute Gasteiger partial charge is 0.223 e. The molecule has 0 radical (unpaired) electrons. The van der Waals surface area contributed by atoms with Crippen molar-refractivity contribution in [2.45, 2.75) is 13.5 Å². The van der Waals surface area contributed by atoms with Crippen LogP contribution in [-0.2, 0) is 6.54 Å². The Labute approximate surface area is 96.3 Å². The van der Waals surface area contributed by atoms with Gasteiger partial charge >= 0.3 is 0 Å². The topological polar surface area (TPSA) is 95.7 Å². The van der Waals surface area contributed by atoms with Crippen molar-refractivity contribution in [1.82, 2.24) is 24.7 Å². The maximum atomic E-state index is 5.85. The summed E-state index contributed by atoms with van der Waals surface area (Å²) in [5, 5.41) is 3.83. The van der Waals surface area contributed by atoms with E-state index < -0.39 is 0 Å². The summed E-state index contributed by atoms with van der Waals surface area (Å²) in [5.41, 5.74) is 7.50. The van der Waals surface area contributed by atoms with E-state index in [9.17, 15) is 0 Å². The van der Waals surface area contributed by atoms with E-state index >= 15 is 0 Å². The van der Waals surface area contributed by atoms with Crippen molar-refractivity contribution in [1.29, 1.82) is 0 Å². The molecule has 3 heterocycles. The molecule has 0 unspecified atom stereocenters.